The molecule has 28 heavy (non-hydrogen) atoms. The Hall–Kier alpha value is -1.99. The van der Waals surface area contributed by atoms with Gasteiger partial charge in [0.1, 0.15) is 12.4 Å². The first-order valence-corrected chi connectivity index (χ1v) is 10.1. The summed E-state index contributed by atoms with van der Waals surface area (Å²) in [5.74, 6) is 0.199. The lowest BCUT2D eigenvalue weighted by Gasteiger charge is -2.47. The molecule has 0 aromatic heterocycles. The SMILES string of the molecule is O=C(CC1CCOCC1)N1CCC2(CC1)CN(c1ccc(F)cc1)C(=O)CO2. The first-order valence-electron chi connectivity index (χ1n) is 10.1. The molecule has 0 atom stereocenters. The van der Waals surface area contributed by atoms with E-state index in [0.29, 0.717) is 50.5 Å². The van der Waals surface area contributed by atoms with Crippen LogP contribution in [0.1, 0.15) is 32.1 Å². The average molecular weight is 390 g/mol. The van der Waals surface area contributed by atoms with Crippen LogP contribution in [0.5, 0.6) is 0 Å². The molecule has 3 heterocycles. The van der Waals surface area contributed by atoms with E-state index in [9.17, 15) is 14.0 Å². The second-order valence-electron chi connectivity index (χ2n) is 8.07. The van der Waals surface area contributed by atoms with E-state index in [-0.39, 0.29) is 24.2 Å². The molecular formula is C21H27FN2O4. The van der Waals surface area contributed by atoms with E-state index in [2.05, 4.69) is 0 Å². The number of carbonyl (C=O) groups excluding carboxylic acids is 2. The number of piperidine rings is 1. The van der Waals surface area contributed by atoms with Gasteiger partial charge in [0.15, 0.2) is 0 Å². The smallest absolute Gasteiger partial charge is 0.253 e. The van der Waals surface area contributed by atoms with Crippen molar-refractivity contribution in [3.05, 3.63) is 30.1 Å². The Labute approximate surface area is 164 Å². The molecule has 0 bridgehead atoms. The molecule has 7 heteroatoms. The van der Waals surface area contributed by atoms with Gasteiger partial charge >= 0.3 is 0 Å². The number of hydrogen-bond acceptors (Lipinski definition) is 4. The predicted molar refractivity (Wildman–Crippen MR) is 101 cm³/mol. The molecule has 4 rings (SSSR count). The number of benzene rings is 1. The molecule has 1 aromatic carbocycles. The van der Waals surface area contributed by atoms with Gasteiger partial charge in [0.05, 0.1) is 12.1 Å². The number of ether oxygens (including phenoxy) is 2. The number of anilines is 1. The first kappa shape index (κ1) is 19.3. The van der Waals surface area contributed by atoms with Crippen LogP contribution in [0.15, 0.2) is 24.3 Å². The second-order valence-corrected chi connectivity index (χ2v) is 8.07. The molecule has 3 aliphatic rings. The summed E-state index contributed by atoms with van der Waals surface area (Å²) in [6.45, 7) is 3.26. The highest BCUT2D eigenvalue weighted by atomic mass is 19.1. The Morgan fingerprint density at radius 1 is 1.14 bits per heavy atom. The summed E-state index contributed by atoms with van der Waals surface area (Å²) in [4.78, 5) is 28.6. The van der Waals surface area contributed by atoms with Crippen molar-refractivity contribution in [3.63, 3.8) is 0 Å². The zero-order chi connectivity index (χ0) is 19.6. The van der Waals surface area contributed by atoms with Crippen molar-refractivity contribution in [2.45, 2.75) is 37.7 Å². The highest BCUT2D eigenvalue weighted by Crippen LogP contribution is 2.33. The van der Waals surface area contributed by atoms with Crippen molar-refractivity contribution in [2.75, 3.05) is 44.4 Å². The van der Waals surface area contributed by atoms with Crippen LogP contribution in [0.25, 0.3) is 0 Å². The Morgan fingerprint density at radius 2 is 1.82 bits per heavy atom. The fourth-order valence-electron chi connectivity index (χ4n) is 4.36. The van der Waals surface area contributed by atoms with Gasteiger partial charge in [-0.2, -0.15) is 0 Å². The van der Waals surface area contributed by atoms with Crippen molar-refractivity contribution < 1.29 is 23.5 Å². The van der Waals surface area contributed by atoms with Gasteiger partial charge in [-0.1, -0.05) is 0 Å². The van der Waals surface area contributed by atoms with E-state index in [4.69, 9.17) is 9.47 Å². The van der Waals surface area contributed by atoms with Crippen molar-refractivity contribution in [3.8, 4) is 0 Å². The molecule has 1 spiro atoms. The van der Waals surface area contributed by atoms with Gasteiger partial charge in [-0.15, -0.1) is 0 Å². The summed E-state index contributed by atoms with van der Waals surface area (Å²) in [6.07, 6.45) is 3.93. The van der Waals surface area contributed by atoms with Gasteiger partial charge in [0, 0.05) is 38.4 Å². The molecule has 0 N–H and O–H groups in total. The van der Waals surface area contributed by atoms with Crippen LogP contribution in [0.4, 0.5) is 10.1 Å². The highest BCUT2D eigenvalue weighted by Gasteiger charge is 2.43. The third-order valence-corrected chi connectivity index (χ3v) is 6.22. The largest absolute Gasteiger partial charge is 0.381 e. The number of likely N-dealkylation sites (tertiary alicyclic amines) is 1. The topological polar surface area (TPSA) is 59.1 Å². The minimum Gasteiger partial charge on any atom is -0.381 e. The van der Waals surface area contributed by atoms with E-state index < -0.39 is 5.60 Å². The maximum Gasteiger partial charge on any atom is 0.253 e. The van der Waals surface area contributed by atoms with Crippen molar-refractivity contribution in [1.82, 2.24) is 4.90 Å². The van der Waals surface area contributed by atoms with Gasteiger partial charge in [-0.3, -0.25) is 9.59 Å². The Balaban J connectivity index is 1.35. The monoisotopic (exact) mass is 390 g/mol. The summed E-state index contributed by atoms with van der Waals surface area (Å²) in [5, 5.41) is 0. The lowest BCUT2D eigenvalue weighted by atomic mass is 9.88. The molecule has 0 saturated carbocycles. The molecule has 0 unspecified atom stereocenters. The highest BCUT2D eigenvalue weighted by molar-refractivity contribution is 5.95. The van der Waals surface area contributed by atoms with Crippen molar-refractivity contribution in [1.29, 1.82) is 0 Å². The molecule has 3 fully saturated rings. The normalized spacial score (nSPS) is 23.2. The maximum atomic E-state index is 13.2. The Bertz CT molecular complexity index is 710. The average Bonchev–Trinajstić information content (AvgIpc) is 2.72. The van der Waals surface area contributed by atoms with E-state index >= 15 is 0 Å². The first-order chi connectivity index (χ1) is 13.5. The summed E-state index contributed by atoms with van der Waals surface area (Å²) in [7, 11) is 0. The minimum absolute atomic E-state index is 0.0212. The zero-order valence-corrected chi connectivity index (χ0v) is 16.1. The minimum atomic E-state index is -0.433. The molecule has 6 nitrogen and oxygen atoms in total. The molecular weight excluding hydrogens is 363 g/mol. The molecule has 152 valence electrons. The quantitative estimate of drug-likeness (QED) is 0.795. The third-order valence-electron chi connectivity index (χ3n) is 6.22. The summed E-state index contributed by atoms with van der Waals surface area (Å²) >= 11 is 0. The zero-order valence-electron chi connectivity index (χ0n) is 16.1. The molecule has 1 aromatic rings. The van der Waals surface area contributed by atoms with Crippen molar-refractivity contribution >= 4 is 17.5 Å². The van der Waals surface area contributed by atoms with Crippen LogP contribution in [0.2, 0.25) is 0 Å². The predicted octanol–water partition coefficient (Wildman–Crippen LogP) is 2.37. The van der Waals surface area contributed by atoms with E-state index in [1.165, 1.54) is 12.1 Å². The fourth-order valence-corrected chi connectivity index (χ4v) is 4.36. The molecule has 2 amide bonds. The van der Waals surface area contributed by atoms with Crippen LogP contribution in [0.3, 0.4) is 0 Å². The second kappa shape index (κ2) is 8.17. The van der Waals surface area contributed by atoms with Crippen LogP contribution < -0.4 is 4.90 Å². The summed E-state index contributed by atoms with van der Waals surface area (Å²) in [5.41, 5.74) is 0.254. The number of hydrogen-bond donors (Lipinski definition) is 0. The fraction of sp³-hybridized carbons (Fsp3) is 0.619. The van der Waals surface area contributed by atoms with Crippen LogP contribution in [0, 0.1) is 11.7 Å². The van der Waals surface area contributed by atoms with Gasteiger partial charge < -0.3 is 19.3 Å². The lowest BCUT2D eigenvalue weighted by molar-refractivity contribution is -0.151. The van der Waals surface area contributed by atoms with Gasteiger partial charge in [-0.05, 0) is 55.9 Å². The molecule has 3 saturated heterocycles. The van der Waals surface area contributed by atoms with Crippen LogP contribution in [-0.2, 0) is 19.1 Å². The van der Waals surface area contributed by atoms with Gasteiger partial charge in [0.2, 0.25) is 5.91 Å². The standard InChI is InChI=1S/C21H27FN2O4/c22-17-1-3-18(4-2-17)24-15-21(28-14-20(24)26)7-9-23(10-8-21)19(25)13-16-5-11-27-12-6-16/h1-4,16H,5-15H2. The lowest BCUT2D eigenvalue weighted by Crippen LogP contribution is -2.59. The molecule has 0 radical (unpaired) electrons. The molecule has 0 aliphatic carbocycles. The number of amides is 2. The van der Waals surface area contributed by atoms with Crippen molar-refractivity contribution in [2.24, 2.45) is 5.92 Å². The van der Waals surface area contributed by atoms with Crippen LogP contribution in [-0.4, -0.2) is 61.8 Å². The van der Waals surface area contributed by atoms with Gasteiger partial charge in [-0.25, -0.2) is 4.39 Å². The van der Waals surface area contributed by atoms with Crippen LogP contribution >= 0.6 is 0 Å². The number of morpholine rings is 1. The van der Waals surface area contributed by atoms with E-state index in [0.717, 1.165) is 26.1 Å². The number of nitrogens with zero attached hydrogens (tertiary/aromatic N) is 2. The van der Waals surface area contributed by atoms with E-state index in [1.807, 2.05) is 4.90 Å². The van der Waals surface area contributed by atoms with Gasteiger partial charge in [0.25, 0.3) is 5.91 Å². The third kappa shape index (κ3) is 4.20. The Morgan fingerprint density at radius 3 is 2.50 bits per heavy atom. The maximum absolute atomic E-state index is 13.2. The van der Waals surface area contributed by atoms with E-state index in [1.54, 1.807) is 17.0 Å². The number of halogens is 1. The number of rotatable bonds is 3. The number of carbonyl (C=O) groups is 2. The Kier molecular flexibility index (Phi) is 5.64. The summed E-state index contributed by atoms with van der Waals surface area (Å²) in [6, 6.07) is 5.97. The summed E-state index contributed by atoms with van der Waals surface area (Å²) < 4.78 is 24.5. The molecule has 3 aliphatic heterocycles.